The first-order valence-corrected chi connectivity index (χ1v) is 4.73. The van der Waals surface area contributed by atoms with Gasteiger partial charge in [0.1, 0.15) is 22.5 Å². The van der Waals surface area contributed by atoms with Gasteiger partial charge in [-0.15, -0.1) is 0 Å². The van der Waals surface area contributed by atoms with Crippen molar-refractivity contribution in [2.45, 2.75) is 26.2 Å². The second-order valence-electron chi connectivity index (χ2n) is 4.00. The maximum Gasteiger partial charge on any atom is 0.341 e. The second-order valence-corrected chi connectivity index (χ2v) is 4.00. The Morgan fingerprint density at radius 3 is 2.44 bits per heavy atom. The summed E-state index contributed by atoms with van der Waals surface area (Å²) in [6.45, 7) is 4.61. The van der Waals surface area contributed by atoms with Crippen LogP contribution in [0.2, 0.25) is 0 Å². The number of carboxylic acid groups (broad SMARTS) is 1. The maximum absolute atomic E-state index is 11.3. The summed E-state index contributed by atoms with van der Waals surface area (Å²) in [5, 5.41) is 9.01. The van der Waals surface area contributed by atoms with Crippen molar-refractivity contribution in [3.05, 3.63) is 23.2 Å². The fourth-order valence-electron chi connectivity index (χ4n) is 1.21. The highest BCUT2D eigenvalue weighted by molar-refractivity contribution is 5.91. The number of rotatable bonds is 3. The predicted octanol–water partition coefficient (Wildman–Crippen LogP) is 1.74. The van der Waals surface area contributed by atoms with E-state index in [1.165, 1.54) is 27.0 Å². The van der Waals surface area contributed by atoms with E-state index >= 15 is 0 Å². The van der Waals surface area contributed by atoms with Crippen LogP contribution in [0.3, 0.4) is 0 Å². The highest BCUT2D eigenvalue weighted by atomic mass is 16.5. The maximum atomic E-state index is 11.3. The monoisotopic (exact) mass is 226 g/mol. The molecule has 1 heterocycles. The lowest BCUT2D eigenvalue weighted by Crippen LogP contribution is -2.27. The largest absolute Gasteiger partial charge is 0.481 e. The molecule has 0 aromatic carbocycles. The number of carbonyl (C=O) groups excluding carboxylic acids is 1. The Hall–Kier alpha value is -1.78. The first kappa shape index (κ1) is 12.3. The molecule has 0 aliphatic carbocycles. The molecule has 0 saturated carbocycles. The molecule has 88 valence electrons. The summed E-state index contributed by atoms with van der Waals surface area (Å²) < 4.78 is 9.84. The third kappa shape index (κ3) is 1.93. The highest BCUT2D eigenvalue weighted by Crippen LogP contribution is 2.28. The SMILES string of the molecule is COC(=O)c1cc(C(C)(C)C(=O)O)oc1C. The second kappa shape index (κ2) is 4.00. The number of carboxylic acids is 1. The Labute approximate surface area is 93.0 Å². The Balaban J connectivity index is 3.20. The van der Waals surface area contributed by atoms with Gasteiger partial charge in [-0.1, -0.05) is 0 Å². The first-order valence-electron chi connectivity index (χ1n) is 4.73. The lowest BCUT2D eigenvalue weighted by atomic mass is 9.90. The molecule has 0 bridgehead atoms. The molecule has 0 atom stereocenters. The molecule has 0 unspecified atom stereocenters. The summed E-state index contributed by atoms with van der Waals surface area (Å²) in [4.78, 5) is 22.3. The molecular formula is C11H14O5. The van der Waals surface area contributed by atoms with E-state index in [0.717, 1.165) is 0 Å². The van der Waals surface area contributed by atoms with E-state index in [4.69, 9.17) is 9.52 Å². The molecule has 5 nitrogen and oxygen atoms in total. The zero-order chi connectivity index (χ0) is 12.5. The van der Waals surface area contributed by atoms with Gasteiger partial charge in [0.2, 0.25) is 0 Å². The van der Waals surface area contributed by atoms with Crippen LogP contribution in [-0.4, -0.2) is 24.2 Å². The van der Waals surface area contributed by atoms with Crippen LogP contribution in [0.15, 0.2) is 10.5 Å². The lowest BCUT2D eigenvalue weighted by molar-refractivity contribution is -0.143. The number of furan rings is 1. The molecule has 1 N–H and O–H groups in total. The third-order valence-corrected chi connectivity index (χ3v) is 2.47. The number of ether oxygens (including phenoxy) is 1. The fraction of sp³-hybridized carbons (Fsp3) is 0.455. The van der Waals surface area contributed by atoms with Crippen LogP contribution >= 0.6 is 0 Å². The average Bonchev–Trinajstić information content (AvgIpc) is 2.59. The number of esters is 1. The van der Waals surface area contributed by atoms with E-state index in [9.17, 15) is 9.59 Å². The molecule has 1 aromatic rings. The van der Waals surface area contributed by atoms with Gasteiger partial charge in [-0.25, -0.2) is 4.79 Å². The summed E-state index contributed by atoms with van der Waals surface area (Å²) in [6.07, 6.45) is 0. The van der Waals surface area contributed by atoms with Crippen molar-refractivity contribution < 1.29 is 23.8 Å². The van der Waals surface area contributed by atoms with Gasteiger partial charge in [-0.3, -0.25) is 4.79 Å². The highest BCUT2D eigenvalue weighted by Gasteiger charge is 2.34. The number of methoxy groups -OCH3 is 1. The van der Waals surface area contributed by atoms with Crippen molar-refractivity contribution in [1.29, 1.82) is 0 Å². The topological polar surface area (TPSA) is 76.7 Å². The zero-order valence-corrected chi connectivity index (χ0v) is 9.66. The molecule has 5 heteroatoms. The van der Waals surface area contributed by atoms with Crippen molar-refractivity contribution in [3.63, 3.8) is 0 Å². The number of aliphatic carboxylic acids is 1. The molecule has 0 aliphatic rings. The predicted molar refractivity (Wildman–Crippen MR) is 55.4 cm³/mol. The molecule has 0 aliphatic heterocycles. The van der Waals surface area contributed by atoms with Gasteiger partial charge < -0.3 is 14.3 Å². The van der Waals surface area contributed by atoms with Gasteiger partial charge in [0.05, 0.1) is 7.11 Å². The Morgan fingerprint density at radius 1 is 1.44 bits per heavy atom. The molecule has 16 heavy (non-hydrogen) atoms. The molecule has 0 amide bonds. The minimum atomic E-state index is -1.17. The first-order chi connectivity index (χ1) is 7.30. The van der Waals surface area contributed by atoms with Gasteiger partial charge in [0, 0.05) is 0 Å². The van der Waals surface area contributed by atoms with Crippen LogP contribution in [-0.2, 0) is 14.9 Å². The normalized spacial score (nSPS) is 11.2. The lowest BCUT2D eigenvalue weighted by Gasteiger charge is -2.15. The summed E-state index contributed by atoms with van der Waals surface area (Å²) in [5.74, 6) is -0.958. The zero-order valence-electron chi connectivity index (χ0n) is 9.66. The number of aryl methyl sites for hydroxylation is 1. The fourth-order valence-corrected chi connectivity index (χ4v) is 1.21. The average molecular weight is 226 g/mol. The quantitative estimate of drug-likeness (QED) is 0.794. The van der Waals surface area contributed by atoms with Crippen LogP contribution in [0.5, 0.6) is 0 Å². The van der Waals surface area contributed by atoms with Crippen molar-refractivity contribution in [3.8, 4) is 0 Å². The van der Waals surface area contributed by atoms with Gasteiger partial charge in [-0.2, -0.15) is 0 Å². The molecule has 0 fully saturated rings. The van der Waals surface area contributed by atoms with E-state index in [0.29, 0.717) is 5.76 Å². The van der Waals surface area contributed by atoms with E-state index in [1.807, 2.05) is 0 Å². The van der Waals surface area contributed by atoms with Gasteiger partial charge >= 0.3 is 11.9 Å². The number of hydrogen-bond acceptors (Lipinski definition) is 4. The van der Waals surface area contributed by atoms with E-state index in [2.05, 4.69) is 4.74 Å². The van der Waals surface area contributed by atoms with Crippen molar-refractivity contribution in [1.82, 2.24) is 0 Å². The third-order valence-electron chi connectivity index (χ3n) is 2.47. The van der Waals surface area contributed by atoms with Gasteiger partial charge in [-0.05, 0) is 26.8 Å². The van der Waals surface area contributed by atoms with Crippen molar-refractivity contribution in [2.75, 3.05) is 7.11 Å². The summed E-state index contributed by atoms with van der Waals surface area (Å²) in [7, 11) is 1.26. The molecular weight excluding hydrogens is 212 g/mol. The van der Waals surface area contributed by atoms with Gasteiger partial charge in [0.25, 0.3) is 0 Å². The van der Waals surface area contributed by atoms with Crippen LogP contribution in [0.4, 0.5) is 0 Å². The van der Waals surface area contributed by atoms with E-state index in [-0.39, 0.29) is 11.3 Å². The summed E-state index contributed by atoms with van der Waals surface area (Å²) >= 11 is 0. The van der Waals surface area contributed by atoms with Crippen molar-refractivity contribution >= 4 is 11.9 Å². The number of hydrogen-bond donors (Lipinski definition) is 1. The number of carbonyl (C=O) groups is 2. The molecule has 1 rings (SSSR count). The Morgan fingerprint density at radius 2 is 2.00 bits per heavy atom. The van der Waals surface area contributed by atoms with Crippen molar-refractivity contribution in [2.24, 2.45) is 0 Å². The molecule has 1 aromatic heterocycles. The summed E-state index contributed by atoms with van der Waals surface area (Å²) in [5.41, 5.74) is -0.913. The summed E-state index contributed by atoms with van der Waals surface area (Å²) in [6, 6.07) is 1.41. The van der Waals surface area contributed by atoms with Crippen LogP contribution in [0.1, 0.15) is 35.7 Å². The Kier molecular flexibility index (Phi) is 3.07. The van der Waals surface area contributed by atoms with E-state index in [1.54, 1.807) is 6.92 Å². The minimum Gasteiger partial charge on any atom is -0.481 e. The smallest absolute Gasteiger partial charge is 0.341 e. The van der Waals surface area contributed by atoms with Crippen LogP contribution < -0.4 is 0 Å². The van der Waals surface area contributed by atoms with E-state index < -0.39 is 17.4 Å². The molecule has 0 radical (unpaired) electrons. The van der Waals surface area contributed by atoms with Gasteiger partial charge in [0.15, 0.2) is 0 Å². The molecule has 0 spiro atoms. The Bertz CT molecular complexity index is 428. The van der Waals surface area contributed by atoms with Crippen LogP contribution in [0, 0.1) is 6.92 Å². The van der Waals surface area contributed by atoms with Crippen LogP contribution in [0.25, 0.3) is 0 Å². The molecule has 0 saturated heterocycles. The minimum absolute atomic E-state index is 0.234. The standard InChI is InChI=1S/C11H14O5/c1-6-7(9(12)15-4)5-8(16-6)11(2,3)10(13)14/h5H,1-4H3,(H,13,14).